The van der Waals surface area contributed by atoms with Gasteiger partial charge in [0.25, 0.3) is 0 Å². The Bertz CT molecular complexity index is 479. The van der Waals surface area contributed by atoms with Gasteiger partial charge in [-0.3, -0.25) is 0 Å². The largest absolute Gasteiger partial charge is 0.367 e. The molecule has 0 aliphatic rings. The SMILES string of the molecule is CCc1c(-c2ccccc2I)noc1N. The second-order valence-corrected chi connectivity index (χ2v) is 4.37. The molecule has 0 radical (unpaired) electrons. The van der Waals surface area contributed by atoms with E-state index >= 15 is 0 Å². The monoisotopic (exact) mass is 314 g/mol. The lowest BCUT2D eigenvalue weighted by Crippen LogP contribution is -1.91. The molecule has 78 valence electrons. The van der Waals surface area contributed by atoms with Crippen molar-refractivity contribution in [2.75, 3.05) is 5.73 Å². The Morgan fingerprint density at radius 2 is 2.13 bits per heavy atom. The first kappa shape index (κ1) is 10.5. The molecule has 0 fully saturated rings. The van der Waals surface area contributed by atoms with Crippen LogP contribution in [0.1, 0.15) is 12.5 Å². The van der Waals surface area contributed by atoms with Gasteiger partial charge < -0.3 is 10.3 Å². The van der Waals surface area contributed by atoms with E-state index in [1.54, 1.807) is 0 Å². The van der Waals surface area contributed by atoms with Gasteiger partial charge in [0.2, 0.25) is 5.88 Å². The maximum absolute atomic E-state index is 5.71. The number of nitrogens with two attached hydrogens (primary N) is 1. The number of hydrogen-bond acceptors (Lipinski definition) is 3. The van der Waals surface area contributed by atoms with Crippen molar-refractivity contribution in [3.8, 4) is 11.3 Å². The van der Waals surface area contributed by atoms with Crippen LogP contribution in [-0.2, 0) is 6.42 Å². The van der Waals surface area contributed by atoms with Crippen LogP contribution in [0.2, 0.25) is 0 Å². The van der Waals surface area contributed by atoms with E-state index in [4.69, 9.17) is 10.3 Å². The second-order valence-electron chi connectivity index (χ2n) is 3.21. The highest BCUT2D eigenvalue weighted by molar-refractivity contribution is 14.1. The molecule has 2 N–H and O–H groups in total. The fourth-order valence-corrected chi connectivity index (χ4v) is 2.17. The average Bonchev–Trinajstić information content (AvgIpc) is 2.60. The van der Waals surface area contributed by atoms with Crippen molar-refractivity contribution in [2.24, 2.45) is 0 Å². The van der Waals surface area contributed by atoms with Gasteiger partial charge in [-0.2, -0.15) is 0 Å². The first-order valence-corrected chi connectivity index (χ1v) is 5.80. The van der Waals surface area contributed by atoms with Gasteiger partial charge in [-0.1, -0.05) is 30.3 Å². The van der Waals surface area contributed by atoms with Gasteiger partial charge in [-0.15, -0.1) is 0 Å². The standard InChI is InChI=1S/C11H11IN2O/c1-2-7-10(14-15-11(7)13)8-5-3-4-6-9(8)12/h3-6H,2,13H2,1H3. The molecule has 0 spiro atoms. The third kappa shape index (κ3) is 1.86. The molecular formula is C11H11IN2O. The highest BCUT2D eigenvalue weighted by Crippen LogP contribution is 2.30. The molecule has 0 aliphatic carbocycles. The minimum atomic E-state index is 0.423. The van der Waals surface area contributed by atoms with Gasteiger partial charge in [0.15, 0.2) is 0 Å². The lowest BCUT2D eigenvalue weighted by Gasteiger charge is -2.01. The van der Waals surface area contributed by atoms with E-state index in [1.807, 2.05) is 31.2 Å². The predicted octanol–water partition coefficient (Wildman–Crippen LogP) is 3.09. The Kier molecular flexibility index (Phi) is 2.95. The van der Waals surface area contributed by atoms with Gasteiger partial charge in [0.1, 0.15) is 5.69 Å². The van der Waals surface area contributed by atoms with Crippen molar-refractivity contribution in [1.82, 2.24) is 5.16 Å². The van der Waals surface area contributed by atoms with Crippen LogP contribution in [0, 0.1) is 3.57 Å². The van der Waals surface area contributed by atoms with Crippen LogP contribution < -0.4 is 5.73 Å². The topological polar surface area (TPSA) is 52.0 Å². The summed E-state index contributed by atoms with van der Waals surface area (Å²) in [6.07, 6.45) is 0.829. The van der Waals surface area contributed by atoms with E-state index in [9.17, 15) is 0 Å². The molecule has 15 heavy (non-hydrogen) atoms. The second kappa shape index (κ2) is 4.22. The number of anilines is 1. The Morgan fingerprint density at radius 3 is 2.80 bits per heavy atom. The van der Waals surface area contributed by atoms with E-state index in [2.05, 4.69) is 27.7 Å². The minimum absolute atomic E-state index is 0.423. The summed E-state index contributed by atoms with van der Waals surface area (Å²) in [7, 11) is 0. The van der Waals surface area contributed by atoms with E-state index in [1.165, 1.54) is 0 Å². The number of nitrogens with zero attached hydrogens (tertiary/aromatic N) is 1. The van der Waals surface area contributed by atoms with E-state index in [-0.39, 0.29) is 0 Å². The first-order chi connectivity index (χ1) is 7.24. The Morgan fingerprint density at radius 1 is 1.40 bits per heavy atom. The summed E-state index contributed by atoms with van der Waals surface area (Å²) in [5.74, 6) is 0.423. The van der Waals surface area contributed by atoms with Gasteiger partial charge in [0.05, 0.1) is 0 Å². The summed E-state index contributed by atoms with van der Waals surface area (Å²) >= 11 is 2.28. The summed E-state index contributed by atoms with van der Waals surface area (Å²) in [5.41, 5.74) is 8.63. The number of halogens is 1. The van der Waals surface area contributed by atoms with Crippen LogP contribution >= 0.6 is 22.6 Å². The molecule has 0 saturated heterocycles. The first-order valence-electron chi connectivity index (χ1n) is 4.73. The van der Waals surface area contributed by atoms with Crippen molar-refractivity contribution in [3.05, 3.63) is 33.4 Å². The number of rotatable bonds is 2. The van der Waals surface area contributed by atoms with E-state index in [0.29, 0.717) is 5.88 Å². The van der Waals surface area contributed by atoms with Crippen molar-refractivity contribution >= 4 is 28.5 Å². The maximum Gasteiger partial charge on any atom is 0.225 e. The Labute approximate surface area is 102 Å². The molecule has 1 aromatic heterocycles. The fraction of sp³-hybridized carbons (Fsp3) is 0.182. The fourth-order valence-electron chi connectivity index (χ4n) is 1.53. The molecule has 2 rings (SSSR count). The molecule has 0 amide bonds. The minimum Gasteiger partial charge on any atom is -0.367 e. The van der Waals surface area contributed by atoms with Crippen LogP contribution in [0.15, 0.2) is 28.8 Å². The molecule has 0 unspecified atom stereocenters. The normalized spacial score (nSPS) is 10.5. The third-order valence-electron chi connectivity index (χ3n) is 2.30. The Balaban J connectivity index is 2.59. The summed E-state index contributed by atoms with van der Waals surface area (Å²) in [6.45, 7) is 2.04. The number of nitrogen functional groups attached to an aromatic ring is 1. The number of hydrogen-bond donors (Lipinski definition) is 1. The van der Waals surface area contributed by atoms with Crippen LogP contribution in [-0.4, -0.2) is 5.16 Å². The van der Waals surface area contributed by atoms with Crippen LogP contribution in [0.25, 0.3) is 11.3 Å². The van der Waals surface area contributed by atoms with Gasteiger partial charge >= 0.3 is 0 Å². The number of aromatic nitrogens is 1. The third-order valence-corrected chi connectivity index (χ3v) is 3.24. The molecule has 1 heterocycles. The van der Waals surface area contributed by atoms with Crippen molar-refractivity contribution in [3.63, 3.8) is 0 Å². The van der Waals surface area contributed by atoms with Crippen LogP contribution in [0.3, 0.4) is 0 Å². The van der Waals surface area contributed by atoms with Crippen molar-refractivity contribution in [1.29, 1.82) is 0 Å². The van der Waals surface area contributed by atoms with Crippen LogP contribution in [0.4, 0.5) is 5.88 Å². The van der Waals surface area contributed by atoms with E-state index in [0.717, 1.165) is 26.8 Å². The molecule has 1 aromatic carbocycles. The summed E-state index contributed by atoms with van der Waals surface area (Å²) in [6, 6.07) is 8.06. The predicted molar refractivity (Wildman–Crippen MR) is 68.4 cm³/mol. The zero-order chi connectivity index (χ0) is 10.8. The zero-order valence-corrected chi connectivity index (χ0v) is 10.5. The molecule has 0 saturated carbocycles. The summed E-state index contributed by atoms with van der Waals surface area (Å²) < 4.78 is 6.17. The van der Waals surface area contributed by atoms with E-state index < -0.39 is 0 Å². The molecule has 2 aromatic rings. The summed E-state index contributed by atoms with van der Waals surface area (Å²) in [4.78, 5) is 0. The molecular weight excluding hydrogens is 303 g/mol. The van der Waals surface area contributed by atoms with Crippen molar-refractivity contribution < 1.29 is 4.52 Å². The van der Waals surface area contributed by atoms with Crippen molar-refractivity contribution in [2.45, 2.75) is 13.3 Å². The molecule has 4 heteroatoms. The molecule has 0 aliphatic heterocycles. The lowest BCUT2D eigenvalue weighted by molar-refractivity contribution is 0.438. The maximum atomic E-state index is 5.71. The Hall–Kier alpha value is -1.04. The lowest BCUT2D eigenvalue weighted by atomic mass is 10.1. The molecule has 0 bridgehead atoms. The smallest absolute Gasteiger partial charge is 0.225 e. The van der Waals surface area contributed by atoms with Crippen LogP contribution in [0.5, 0.6) is 0 Å². The average molecular weight is 314 g/mol. The highest BCUT2D eigenvalue weighted by atomic mass is 127. The highest BCUT2D eigenvalue weighted by Gasteiger charge is 2.15. The molecule has 0 atom stereocenters. The van der Waals surface area contributed by atoms with Gasteiger partial charge in [-0.05, 0) is 35.1 Å². The summed E-state index contributed by atoms with van der Waals surface area (Å²) in [5, 5.41) is 4.01. The number of benzene rings is 1. The molecule has 3 nitrogen and oxygen atoms in total. The quantitative estimate of drug-likeness (QED) is 0.867. The van der Waals surface area contributed by atoms with Gasteiger partial charge in [-0.25, -0.2) is 0 Å². The zero-order valence-electron chi connectivity index (χ0n) is 8.33. The van der Waals surface area contributed by atoms with Gasteiger partial charge in [0, 0.05) is 14.7 Å².